The summed E-state index contributed by atoms with van der Waals surface area (Å²) in [6.45, 7) is -1.37. The lowest BCUT2D eigenvalue weighted by Gasteiger charge is -2.10. The van der Waals surface area contributed by atoms with Gasteiger partial charge in [0.2, 0.25) is 5.91 Å². The Labute approximate surface area is 146 Å². The third-order valence-corrected chi connectivity index (χ3v) is 3.63. The summed E-state index contributed by atoms with van der Waals surface area (Å²) >= 11 is 11.7. The molecule has 1 N–H and O–H groups in total. The molecule has 0 unspecified atom stereocenters. The molecule has 0 saturated carbocycles. The summed E-state index contributed by atoms with van der Waals surface area (Å²) in [6, 6.07) is 10.5. The van der Waals surface area contributed by atoms with E-state index in [4.69, 9.17) is 23.2 Å². The van der Waals surface area contributed by atoms with Gasteiger partial charge in [0.05, 0.1) is 16.5 Å². The quantitative estimate of drug-likeness (QED) is 0.785. The van der Waals surface area contributed by atoms with E-state index in [2.05, 4.69) is 10.1 Å². The molecule has 24 heavy (non-hydrogen) atoms. The zero-order valence-electron chi connectivity index (χ0n) is 12.2. The number of nitrogens with one attached hydrogen (secondary N) is 1. The maximum Gasteiger partial charge on any atom is 0.422 e. The highest BCUT2D eigenvalue weighted by Gasteiger charge is 2.28. The molecule has 0 saturated heterocycles. The van der Waals surface area contributed by atoms with Crippen molar-refractivity contribution < 1.29 is 22.7 Å². The Morgan fingerprint density at radius 3 is 2.29 bits per heavy atom. The summed E-state index contributed by atoms with van der Waals surface area (Å²) < 4.78 is 40.7. The molecule has 0 spiro atoms. The van der Waals surface area contributed by atoms with Gasteiger partial charge in [-0.05, 0) is 42.0 Å². The topological polar surface area (TPSA) is 38.3 Å². The first-order valence-corrected chi connectivity index (χ1v) is 7.52. The Bertz CT molecular complexity index is 718. The number of ether oxygens (including phenoxy) is 1. The van der Waals surface area contributed by atoms with Crippen molar-refractivity contribution >= 4 is 34.8 Å². The summed E-state index contributed by atoms with van der Waals surface area (Å²) in [4.78, 5) is 12.0. The number of rotatable bonds is 5. The van der Waals surface area contributed by atoms with Gasteiger partial charge in [0.15, 0.2) is 6.61 Å². The van der Waals surface area contributed by atoms with Gasteiger partial charge in [-0.3, -0.25) is 4.79 Å². The molecule has 0 fully saturated rings. The third kappa shape index (κ3) is 5.94. The first-order chi connectivity index (χ1) is 11.2. The standard InChI is InChI=1S/C16H12Cl2F3NO2/c17-13-6-1-10(7-14(13)18)8-15(23)22-11-2-4-12(5-3-11)24-9-16(19,20)21/h1-7H,8-9H2,(H,22,23). The number of hydrogen-bond acceptors (Lipinski definition) is 2. The Kier molecular flexibility index (Phi) is 5.96. The maximum absolute atomic E-state index is 12.1. The number of halogens is 5. The fraction of sp³-hybridized carbons (Fsp3) is 0.188. The normalized spacial score (nSPS) is 11.2. The summed E-state index contributed by atoms with van der Waals surface area (Å²) in [7, 11) is 0. The third-order valence-electron chi connectivity index (χ3n) is 2.89. The first kappa shape index (κ1) is 18.4. The molecule has 0 aliphatic carbocycles. The van der Waals surface area contributed by atoms with Gasteiger partial charge < -0.3 is 10.1 Å². The number of hydrogen-bond donors (Lipinski definition) is 1. The second-order valence-corrected chi connectivity index (χ2v) is 5.72. The van der Waals surface area contributed by atoms with Crippen LogP contribution in [0.2, 0.25) is 10.0 Å². The zero-order valence-corrected chi connectivity index (χ0v) is 13.7. The monoisotopic (exact) mass is 377 g/mol. The molecular formula is C16H12Cl2F3NO2. The van der Waals surface area contributed by atoms with Gasteiger partial charge in [-0.25, -0.2) is 0 Å². The summed E-state index contributed by atoms with van der Waals surface area (Å²) in [5.74, 6) is -0.229. The van der Waals surface area contributed by atoms with E-state index >= 15 is 0 Å². The number of amides is 1. The van der Waals surface area contributed by atoms with E-state index in [9.17, 15) is 18.0 Å². The van der Waals surface area contributed by atoms with Crippen molar-refractivity contribution in [2.45, 2.75) is 12.6 Å². The molecule has 8 heteroatoms. The van der Waals surface area contributed by atoms with Crippen LogP contribution in [-0.2, 0) is 11.2 Å². The van der Waals surface area contributed by atoms with Crippen molar-refractivity contribution in [2.75, 3.05) is 11.9 Å². The lowest BCUT2D eigenvalue weighted by Crippen LogP contribution is -2.19. The molecule has 3 nitrogen and oxygen atoms in total. The van der Waals surface area contributed by atoms with Crippen LogP contribution in [0.5, 0.6) is 5.75 Å². The molecule has 0 radical (unpaired) electrons. The number of alkyl halides is 3. The minimum absolute atomic E-state index is 0.0646. The number of carbonyl (C=O) groups is 1. The van der Waals surface area contributed by atoms with Crippen molar-refractivity contribution in [3.63, 3.8) is 0 Å². The van der Waals surface area contributed by atoms with E-state index in [1.54, 1.807) is 18.2 Å². The molecule has 0 aliphatic rings. The van der Waals surface area contributed by atoms with Crippen molar-refractivity contribution in [2.24, 2.45) is 0 Å². The highest BCUT2D eigenvalue weighted by molar-refractivity contribution is 6.42. The van der Waals surface area contributed by atoms with Crippen LogP contribution in [0, 0.1) is 0 Å². The van der Waals surface area contributed by atoms with Crippen LogP contribution in [0.1, 0.15) is 5.56 Å². The fourth-order valence-corrected chi connectivity index (χ4v) is 2.16. The summed E-state index contributed by atoms with van der Waals surface area (Å²) in [5.41, 5.74) is 1.13. The molecule has 2 rings (SSSR count). The Morgan fingerprint density at radius 2 is 1.71 bits per heavy atom. The lowest BCUT2D eigenvalue weighted by atomic mass is 10.1. The van der Waals surface area contributed by atoms with E-state index in [1.807, 2.05) is 0 Å². The van der Waals surface area contributed by atoms with Gasteiger partial charge in [-0.15, -0.1) is 0 Å². The van der Waals surface area contributed by atoms with Gasteiger partial charge >= 0.3 is 6.18 Å². The van der Waals surface area contributed by atoms with Gasteiger partial charge in [-0.2, -0.15) is 13.2 Å². The van der Waals surface area contributed by atoms with Crippen molar-refractivity contribution in [3.05, 3.63) is 58.1 Å². The molecule has 2 aromatic rings. The molecule has 0 aliphatic heterocycles. The Hall–Kier alpha value is -1.92. The van der Waals surface area contributed by atoms with Gasteiger partial charge in [0.1, 0.15) is 5.75 Å². The molecule has 2 aromatic carbocycles. The molecule has 1 amide bonds. The van der Waals surface area contributed by atoms with Gasteiger partial charge in [0, 0.05) is 5.69 Å². The van der Waals surface area contributed by atoms with E-state index < -0.39 is 12.8 Å². The van der Waals surface area contributed by atoms with Crippen molar-refractivity contribution in [1.29, 1.82) is 0 Å². The Balaban J connectivity index is 1.90. The molecule has 0 aromatic heterocycles. The predicted octanol–water partition coefficient (Wildman–Crippen LogP) is 5.12. The lowest BCUT2D eigenvalue weighted by molar-refractivity contribution is -0.153. The van der Waals surface area contributed by atoms with E-state index in [1.165, 1.54) is 24.3 Å². The molecule has 0 heterocycles. The van der Waals surface area contributed by atoms with Crippen LogP contribution >= 0.6 is 23.2 Å². The SMILES string of the molecule is O=C(Cc1ccc(Cl)c(Cl)c1)Nc1ccc(OCC(F)(F)F)cc1. The second kappa shape index (κ2) is 7.77. The van der Waals surface area contributed by atoms with Gasteiger partial charge in [0.25, 0.3) is 0 Å². The average molecular weight is 378 g/mol. The smallest absolute Gasteiger partial charge is 0.422 e. The van der Waals surface area contributed by atoms with E-state index in [0.29, 0.717) is 21.3 Å². The maximum atomic E-state index is 12.1. The van der Waals surface area contributed by atoms with Gasteiger partial charge in [-0.1, -0.05) is 29.3 Å². The fourth-order valence-electron chi connectivity index (χ4n) is 1.84. The zero-order chi connectivity index (χ0) is 17.7. The highest BCUT2D eigenvalue weighted by Crippen LogP contribution is 2.23. The number of benzene rings is 2. The van der Waals surface area contributed by atoms with E-state index in [-0.39, 0.29) is 18.1 Å². The van der Waals surface area contributed by atoms with Crippen LogP contribution in [0.3, 0.4) is 0 Å². The molecule has 0 bridgehead atoms. The van der Waals surface area contributed by atoms with E-state index in [0.717, 1.165) is 0 Å². The molecular weight excluding hydrogens is 366 g/mol. The first-order valence-electron chi connectivity index (χ1n) is 6.76. The minimum atomic E-state index is -4.40. The molecule has 128 valence electrons. The number of carbonyl (C=O) groups excluding carboxylic acids is 1. The van der Waals surface area contributed by atoms with Crippen LogP contribution in [0.15, 0.2) is 42.5 Å². The largest absolute Gasteiger partial charge is 0.484 e. The van der Waals surface area contributed by atoms with Crippen molar-refractivity contribution in [3.8, 4) is 5.75 Å². The van der Waals surface area contributed by atoms with Crippen LogP contribution in [0.25, 0.3) is 0 Å². The average Bonchev–Trinajstić information content (AvgIpc) is 2.49. The van der Waals surface area contributed by atoms with Crippen LogP contribution < -0.4 is 10.1 Å². The second-order valence-electron chi connectivity index (χ2n) is 4.90. The minimum Gasteiger partial charge on any atom is -0.484 e. The number of anilines is 1. The Morgan fingerprint density at radius 1 is 1.04 bits per heavy atom. The van der Waals surface area contributed by atoms with Crippen molar-refractivity contribution in [1.82, 2.24) is 0 Å². The molecule has 0 atom stereocenters. The van der Waals surface area contributed by atoms with Crippen LogP contribution in [-0.4, -0.2) is 18.7 Å². The highest BCUT2D eigenvalue weighted by atomic mass is 35.5. The summed E-state index contributed by atoms with van der Waals surface area (Å²) in [5, 5.41) is 3.38. The predicted molar refractivity (Wildman–Crippen MR) is 86.8 cm³/mol. The summed E-state index contributed by atoms with van der Waals surface area (Å²) in [6.07, 6.45) is -4.31. The van der Waals surface area contributed by atoms with Crippen LogP contribution in [0.4, 0.5) is 18.9 Å².